The molecule has 0 aliphatic heterocycles. The molecule has 118 valence electrons. The van der Waals surface area contributed by atoms with E-state index >= 15 is 0 Å². The number of aromatic nitrogens is 2. The lowest BCUT2D eigenvalue weighted by Gasteiger charge is -2.08. The highest BCUT2D eigenvalue weighted by atomic mass is 32.2. The maximum absolute atomic E-state index is 12.0. The van der Waals surface area contributed by atoms with Crippen LogP contribution in [0, 0.1) is 0 Å². The van der Waals surface area contributed by atoms with Crippen molar-refractivity contribution in [2.45, 2.75) is 34.1 Å². The Morgan fingerprint density at radius 3 is 2.83 bits per heavy atom. The average molecular weight is 363 g/mol. The van der Waals surface area contributed by atoms with E-state index in [0.717, 1.165) is 28.1 Å². The van der Waals surface area contributed by atoms with E-state index in [0.29, 0.717) is 9.79 Å². The second kappa shape index (κ2) is 5.58. The molecule has 0 fully saturated rings. The predicted octanol–water partition coefficient (Wildman–Crippen LogP) is 3.73. The van der Waals surface area contributed by atoms with Gasteiger partial charge in [0.15, 0.2) is 9.84 Å². The van der Waals surface area contributed by atoms with Crippen molar-refractivity contribution in [2.24, 2.45) is 0 Å². The van der Waals surface area contributed by atoms with Gasteiger partial charge in [0.05, 0.1) is 4.90 Å². The van der Waals surface area contributed by atoms with Gasteiger partial charge in [0.2, 0.25) is 0 Å². The van der Waals surface area contributed by atoms with Crippen LogP contribution in [0.25, 0.3) is 10.2 Å². The number of hydrogen-bond acceptors (Lipinski definition) is 6. The Bertz CT molecular complexity index is 1010. The van der Waals surface area contributed by atoms with Gasteiger partial charge in [-0.1, -0.05) is 23.9 Å². The molecule has 7 heteroatoms. The molecule has 4 rings (SSSR count). The molecule has 1 aliphatic carbocycles. The van der Waals surface area contributed by atoms with Crippen molar-refractivity contribution in [2.75, 3.05) is 6.26 Å². The number of hydrogen-bond donors (Lipinski definition) is 0. The van der Waals surface area contributed by atoms with E-state index in [1.54, 1.807) is 29.8 Å². The molecule has 0 amide bonds. The highest BCUT2D eigenvalue weighted by Gasteiger charge is 2.22. The van der Waals surface area contributed by atoms with E-state index in [9.17, 15) is 8.42 Å². The van der Waals surface area contributed by atoms with Crippen molar-refractivity contribution in [3.63, 3.8) is 0 Å². The molecule has 0 saturated heterocycles. The molecule has 0 atom stereocenters. The van der Waals surface area contributed by atoms with Crippen molar-refractivity contribution in [1.29, 1.82) is 0 Å². The summed E-state index contributed by atoms with van der Waals surface area (Å²) in [6.07, 6.45) is 6.16. The van der Waals surface area contributed by atoms with E-state index in [1.165, 1.54) is 34.9 Å². The Morgan fingerprint density at radius 2 is 2.00 bits per heavy atom. The molecule has 1 aromatic carbocycles. The first-order valence-electron chi connectivity index (χ1n) is 7.26. The quantitative estimate of drug-likeness (QED) is 0.664. The highest BCUT2D eigenvalue weighted by molar-refractivity contribution is 8.00. The van der Waals surface area contributed by atoms with Crippen LogP contribution in [0.1, 0.15) is 16.9 Å². The number of thiophene rings is 1. The van der Waals surface area contributed by atoms with Gasteiger partial charge in [-0.3, -0.25) is 0 Å². The van der Waals surface area contributed by atoms with Gasteiger partial charge in [-0.15, -0.1) is 11.3 Å². The van der Waals surface area contributed by atoms with Gasteiger partial charge in [0.25, 0.3) is 0 Å². The number of aryl methyl sites for hydroxylation is 2. The average Bonchev–Trinajstić information content (AvgIpc) is 3.07. The number of sulfone groups is 1. The van der Waals surface area contributed by atoms with Gasteiger partial charge in [-0.2, -0.15) is 0 Å². The zero-order valence-corrected chi connectivity index (χ0v) is 14.9. The predicted molar refractivity (Wildman–Crippen MR) is 93.1 cm³/mol. The maximum Gasteiger partial charge on any atom is 0.176 e. The molecule has 1 aliphatic rings. The van der Waals surface area contributed by atoms with Crippen LogP contribution in [0.2, 0.25) is 0 Å². The second-order valence-corrected chi connectivity index (χ2v) is 9.64. The van der Waals surface area contributed by atoms with E-state index in [2.05, 4.69) is 9.97 Å². The van der Waals surface area contributed by atoms with Crippen LogP contribution < -0.4 is 0 Å². The number of rotatable bonds is 3. The van der Waals surface area contributed by atoms with Crippen LogP contribution in [0.3, 0.4) is 0 Å². The van der Waals surface area contributed by atoms with Crippen molar-refractivity contribution < 1.29 is 8.42 Å². The Morgan fingerprint density at radius 1 is 1.17 bits per heavy atom. The third kappa shape index (κ3) is 2.66. The van der Waals surface area contributed by atoms with Gasteiger partial charge in [-0.25, -0.2) is 18.4 Å². The summed E-state index contributed by atoms with van der Waals surface area (Å²) >= 11 is 3.16. The van der Waals surface area contributed by atoms with E-state index in [4.69, 9.17) is 0 Å². The monoisotopic (exact) mass is 362 g/mol. The molecule has 3 aromatic rings. The SMILES string of the molecule is CS(=O)(=O)c1ccccc1Sc1ncnc2sc3c(c12)CCC3. The molecule has 0 radical (unpaired) electrons. The Hall–Kier alpha value is -1.44. The van der Waals surface area contributed by atoms with Gasteiger partial charge in [0, 0.05) is 21.4 Å². The summed E-state index contributed by atoms with van der Waals surface area (Å²) in [5.41, 5.74) is 1.35. The summed E-state index contributed by atoms with van der Waals surface area (Å²) < 4.78 is 24.0. The van der Waals surface area contributed by atoms with Gasteiger partial charge in [-0.05, 0) is 37.0 Å². The lowest BCUT2D eigenvalue weighted by atomic mass is 10.2. The van der Waals surface area contributed by atoms with E-state index in [1.807, 2.05) is 12.1 Å². The fraction of sp³-hybridized carbons (Fsp3) is 0.250. The second-order valence-electron chi connectivity index (χ2n) is 5.54. The van der Waals surface area contributed by atoms with E-state index in [-0.39, 0.29) is 0 Å². The Labute approximate surface area is 142 Å². The van der Waals surface area contributed by atoms with Crippen molar-refractivity contribution in [1.82, 2.24) is 9.97 Å². The zero-order chi connectivity index (χ0) is 16.0. The molecular weight excluding hydrogens is 348 g/mol. The van der Waals surface area contributed by atoms with Crippen LogP contribution in [0.4, 0.5) is 0 Å². The van der Waals surface area contributed by atoms with Gasteiger partial charge >= 0.3 is 0 Å². The van der Waals surface area contributed by atoms with Gasteiger partial charge in [0.1, 0.15) is 16.2 Å². The topological polar surface area (TPSA) is 59.9 Å². The molecule has 2 aromatic heterocycles. The molecular formula is C16H14N2O2S3. The van der Waals surface area contributed by atoms with Gasteiger partial charge < -0.3 is 0 Å². The first-order valence-corrected chi connectivity index (χ1v) is 10.8. The lowest BCUT2D eigenvalue weighted by Crippen LogP contribution is -1.99. The molecule has 0 bridgehead atoms. The van der Waals surface area contributed by atoms with Crippen LogP contribution in [0.5, 0.6) is 0 Å². The Balaban J connectivity index is 1.87. The van der Waals surface area contributed by atoms with Crippen LogP contribution in [-0.4, -0.2) is 24.6 Å². The first-order chi connectivity index (χ1) is 11.0. The van der Waals surface area contributed by atoms with Crippen molar-refractivity contribution >= 4 is 43.2 Å². The molecule has 0 unspecified atom stereocenters. The highest BCUT2D eigenvalue weighted by Crippen LogP contribution is 2.42. The summed E-state index contributed by atoms with van der Waals surface area (Å²) in [7, 11) is -3.27. The number of benzene rings is 1. The summed E-state index contributed by atoms with van der Waals surface area (Å²) in [5, 5.41) is 1.96. The molecule has 0 N–H and O–H groups in total. The smallest absolute Gasteiger partial charge is 0.176 e. The minimum Gasteiger partial charge on any atom is -0.229 e. The molecule has 2 heterocycles. The third-order valence-corrected chi connectivity index (χ3v) is 7.48. The van der Waals surface area contributed by atoms with Crippen LogP contribution in [-0.2, 0) is 22.7 Å². The summed E-state index contributed by atoms with van der Waals surface area (Å²) in [5.74, 6) is 0. The summed E-state index contributed by atoms with van der Waals surface area (Å²) in [6, 6.07) is 7.08. The maximum atomic E-state index is 12.0. The largest absolute Gasteiger partial charge is 0.229 e. The molecule has 4 nitrogen and oxygen atoms in total. The van der Waals surface area contributed by atoms with Crippen LogP contribution in [0.15, 0.2) is 45.4 Å². The molecule has 0 spiro atoms. The molecule has 23 heavy (non-hydrogen) atoms. The van der Waals surface area contributed by atoms with Crippen molar-refractivity contribution in [3.05, 3.63) is 41.0 Å². The summed E-state index contributed by atoms with van der Waals surface area (Å²) in [6.45, 7) is 0. The Kier molecular flexibility index (Phi) is 3.66. The lowest BCUT2D eigenvalue weighted by molar-refractivity contribution is 0.600. The fourth-order valence-corrected chi connectivity index (χ4v) is 6.50. The zero-order valence-electron chi connectivity index (χ0n) is 12.4. The van der Waals surface area contributed by atoms with Crippen LogP contribution >= 0.6 is 23.1 Å². The van der Waals surface area contributed by atoms with Crippen molar-refractivity contribution in [3.8, 4) is 0 Å². The number of fused-ring (bicyclic) bond motifs is 3. The normalized spacial score (nSPS) is 14.3. The minimum atomic E-state index is -3.27. The van der Waals surface area contributed by atoms with E-state index < -0.39 is 9.84 Å². The standard InChI is InChI=1S/C16H14N2O2S3/c1-23(19,20)13-8-3-2-6-12(13)22-16-14-10-5-4-7-11(10)21-15(14)17-9-18-16/h2-3,6,8-9H,4-5,7H2,1H3. The summed E-state index contributed by atoms with van der Waals surface area (Å²) in [4.78, 5) is 12.3. The number of nitrogens with zero attached hydrogens (tertiary/aromatic N) is 2. The molecule has 0 saturated carbocycles. The minimum absolute atomic E-state index is 0.351. The first kappa shape index (κ1) is 15.1. The fourth-order valence-electron chi connectivity index (χ4n) is 2.92. The third-order valence-electron chi connectivity index (χ3n) is 3.92.